The van der Waals surface area contributed by atoms with Crippen molar-refractivity contribution in [2.45, 2.75) is 32.7 Å². The quantitative estimate of drug-likeness (QED) is 0.287. The van der Waals surface area contributed by atoms with E-state index in [1.165, 1.54) is 0 Å². The minimum Gasteiger partial charge on any atom is -0.497 e. The number of carbonyl (C=O) groups is 2. The highest BCUT2D eigenvalue weighted by Crippen LogP contribution is 2.28. The number of unbranched alkanes of at least 4 members (excludes halogenated alkanes) is 1. The number of ether oxygens (including phenoxy) is 3. The van der Waals surface area contributed by atoms with E-state index in [2.05, 4.69) is 6.92 Å². The largest absolute Gasteiger partial charge is 0.497 e. The van der Waals surface area contributed by atoms with Gasteiger partial charge in [0.1, 0.15) is 12.3 Å². The van der Waals surface area contributed by atoms with Crippen LogP contribution >= 0.6 is 11.3 Å². The minimum atomic E-state index is -0.152. The second-order valence-corrected chi connectivity index (χ2v) is 9.68. The molecule has 0 atom stereocenters. The lowest BCUT2D eigenvalue weighted by Gasteiger charge is -2.28. The Balaban J connectivity index is 1.76. The fourth-order valence-electron chi connectivity index (χ4n) is 3.96. The maximum Gasteiger partial charge on any atom is 0.254 e. The van der Waals surface area contributed by atoms with Crippen molar-refractivity contribution in [3.05, 3.63) is 76.0 Å². The van der Waals surface area contributed by atoms with Crippen molar-refractivity contribution in [1.82, 2.24) is 9.80 Å². The fraction of sp³-hybridized carbons (Fsp3) is 0.379. The highest BCUT2D eigenvalue weighted by Gasteiger charge is 2.23. The van der Waals surface area contributed by atoms with Gasteiger partial charge in [0.05, 0.1) is 27.9 Å². The summed E-state index contributed by atoms with van der Waals surface area (Å²) in [4.78, 5) is 31.5. The summed E-state index contributed by atoms with van der Waals surface area (Å²) in [5.74, 6) is 1.78. The van der Waals surface area contributed by atoms with Crippen molar-refractivity contribution >= 4 is 23.2 Å². The molecule has 0 unspecified atom stereocenters. The molecular formula is C29H36N2O5S. The van der Waals surface area contributed by atoms with Crippen molar-refractivity contribution in [3.63, 3.8) is 0 Å². The monoisotopic (exact) mass is 524 g/mol. The molecule has 0 aliphatic rings. The van der Waals surface area contributed by atoms with Crippen LogP contribution in [0.5, 0.6) is 17.2 Å². The molecule has 0 radical (unpaired) electrons. The molecule has 0 aliphatic heterocycles. The fourth-order valence-corrected chi connectivity index (χ4v) is 4.68. The van der Waals surface area contributed by atoms with E-state index in [9.17, 15) is 9.59 Å². The maximum absolute atomic E-state index is 13.6. The van der Waals surface area contributed by atoms with E-state index in [0.29, 0.717) is 48.9 Å². The maximum atomic E-state index is 13.6. The van der Waals surface area contributed by atoms with E-state index in [-0.39, 0.29) is 18.4 Å². The third-order valence-corrected chi connectivity index (χ3v) is 6.99. The molecule has 0 aliphatic carbocycles. The van der Waals surface area contributed by atoms with Gasteiger partial charge in [-0.2, -0.15) is 0 Å². The Morgan fingerprint density at radius 3 is 2.24 bits per heavy atom. The summed E-state index contributed by atoms with van der Waals surface area (Å²) in [6.07, 6.45) is 2.41. The summed E-state index contributed by atoms with van der Waals surface area (Å²) in [6, 6.07) is 16.8. The Kier molecular flexibility index (Phi) is 10.8. The molecule has 2 amide bonds. The highest BCUT2D eigenvalue weighted by molar-refractivity contribution is 7.09. The number of benzene rings is 2. The SMILES string of the molecule is CCCCN(CC(=O)N(CCc1ccc(OC)c(OC)c1)Cc1cccs1)C(=O)c1ccc(OC)cc1. The molecule has 8 heteroatoms. The molecule has 7 nitrogen and oxygen atoms in total. The Morgan fingerprint density at radius 1 is 0.865 bits per heavy atom. The van der Waals surface area contributed by atoms with E-state index in [1.807, 2.05) is 40.6 Å². The Bertz CT molecular complexity index is 1130. The normalized spacial score (nSPS) is 10.6. The lowest BCUT2D eigenvalue weighted by molar-refractivity contribution is -0.132. The molecule has 0 saturated heterocycles. The van der Waals surface area contributed by atoms with E-state index in [1.54, 1.807) is 61.8 Å². The first-order valence-electron chi connectivity index (χ1n) is 12.4. The van der Waals surface area contributed by atoms with Gasteiger partial charge in [-0.3, -0.25) is 9.59 Å². The molecule has 1 aromatic heterocycles. The zero-order chi connectivity index (χ0) is 26.6. The average molecular weight is 525 g/mol. The zero-order valence-corrected chi connectivity index (χ0v) is 22.9. The van der Waals surface area contributed by atoms with Gasteiger partial charge in [-0.1, -0.05) is 25.5 Å². The van der Waals surface area contributed by atoms with Gasteiger partial charge in [0.15, 0.2) is 11.5 Å². The van der Waals surface area contributed by atoms with Crippen molar-refractivity contribution in [2.75, 3.05) is 41.0 Å². The van der Waals surface area contributed by atoms with Gasteiger partial charge in [-0.25, -0.2) is 0 Å². The summed E-state index contributed by atoms with van der Waals surface area (Å²) >= 11 is 1.62. The molecule has 1 heterocycles. The molecule has 37 heavy (non-hydrogen) atoms. The zero-order valence-electron chi connectivity index (χ0n) is 22.1. The van der Waals surface area contributed by atoms with E-state index in [4.69, 9.17) is 14.2 Å². The third-order valence-electron chi connectivity index (χ3n) is 6.13. The minimum absolute atomic E-state index is 0.0299. The standard InChI is InChI=1S/C29H36N2O5S/c1-5-6-16-31(29(33)23-10-12-24(34-2)13-11-23)21-28(32)30(20-25-8-7-18-37-25)17-15-22-9-14-26(35-3)27(19-22)36-4/h7-14,18-19H,5-6,15-17,20-21H2,1-4H3. The van der Waals surface area contributed by atoms with Gasteiger partial charge in [0.25, 0.3) is 5.91 Å². The first-order chi connectivity index (χ1) is 18.0. The van der Waals surface area contributed by atoms with Gasteiger partial charge < -0.3 is 24.0 Å². The van der Waals surface area contributed by atoms with Crippen LogP contribution in [0.15, 0.2) is 60.0 Å². The molecule has 198 valence electrons. The summed E-state index contributed by atoms with van der Waals surface area (Å²) < 4.78 is 16.0. The summed E-state index contributed by atoms with van der Waals surface area (Å²) in [5, 5.41) is 2.01. The van der Waals surface area contributed by atoms with Crippen LogP contribution in [0.3, 0.4) is 0 Å². The van der Waals surface area contributed by atoms with Crippen molar-refractivity contribution in [3.8, 4) is 17.2 Å². The van der Waals surface area contributed by atoms with Crippen molar-refractivity contribution < 1.29 is 23.8 Å². The van der Waals surface area contributed by atoms with Crippen LogP contribution < -0.4 is 14.2 Å². The van der Waals surface area contributed by atoms with Crippen LogP contribution in [0.2, 0.25) is 0 Å². The molecule has 2 aromatic carbocycles. The van der Waals surface area contributed by atoms with Crippen LogP contribution in [0.1, 0.15) is 40.6 Å². The van der Waals surface area contributed by atoms with Crippen LogP contribution in [0.4, 0.5) is 0 Å². The third kappa shape index (κ3) is 7.98. The lowest BCUT2D eigenvalue weighted by Crippen LogP contribution is -2.43. The number of carbonyl (C=O) groups excluding carboxylic acids is 2. The number of thiophene rings is 1. The molecular weight excluding hydrogens is 488 g/mol. The Morgan fingerprint density at radius 2 is 1.62 bits per heavy atom. The molecule has 3 aromatic rings. The Hall–Kier alpha value is -3.52. The topological polar surface area (TPSA) is 68.3 Å². The second-order valence-electron chi connectivity index (χ2n) is 8.64. The van der Waals surface area contributed by atoms with Crippen LogP contribution in [-0.4, -0.2) is 62.6 Å². The number of hydrogen-bond acceptors (Lipinski definition) is 6. The number of rotatable bonds is 14. The van der Waals surface area contributed by atoms with Crippen LogP contribution in [0, 0.1) is 0 Å². The van der Waals surface area contributed by atoms with E-state index in [0.717, 1.165) is 23.3 Å². The second kappa shape index (κ2) is 14.3. The smallest absolute Gasteiger partial charge is 0.254 e. The van der Waals surface area contributed by atoms with Gasteiger partial charge in [0.2, 0.25) is 5.91 Å². The predicted octanol–water partition coefficient (Wildman–Crippen LogP) is 5.29. The van der Waals surface area contributed by atoms with Crippen LogP contribution in [-0.2, 0) is 17.8 Å². The van der Waals surface area contributed by atoms with Gasteiger partial charge in [-0.05, 0) is 66.2 Å². The van der Waals surface area contributed by atoms with E-state index >= 15 is 0 Å². The van der Waals surface area contributed by atoms with Gasteiger partial charge >= 0.3 is 0 Å². The summed E-state index contributed by atoms with van der Waals surface area (Å²) in [6.45, 7) is 3.65. The molecule has 3 rings (SSSR count). The van der Waals surface area contributed by atoms with Gasteiger partial charge in [-0.15, -0.1) is 11.3 Å². The predicted molar refractivity (Wildman–Crippen MR) is 147 cm³/mol. The molecule has 0 N–H and O–H groups in total. The number of amides is 2. The molecule has 0 fully saturated rings. The summed E-state index contributed by atoms with van der Waals surface area (Å²) in [5.41, 5.74) is 1.58. The molecule has 0 spiro atoms. The molecule has 0 saturated carbocycles. The number of methoxy groups -OCH3 is 3. The summed E-state index contributed by atoms with van der Waals surface area (Å²) in [7, 11) is 4.81. The first-order valence-corrected chi connectivity index (χ1v) is 13.3. The van der Waals surface area contributed by atoms with Crippen LogP contribution in [0.25, 0.3) is 0 Å². The highest BCUT2D eigenvalue weighted by atomic mass is 32.1. The first kappa shape index (κ1) is 28.1. The lowest BCUT2D eigenvalue weighted by atomic mass is 10.1. The number of nitrogens with zero attached hydrogens (tertiary/aromatic N) is 2. The Labute approximate surface area is 223 Å². The van der Waals surface area contributed by atoms with Crippen molar-refractivity contribution in [1.29, 1.82) is 0 Å². The average Bonchev–Trinajstić information content (AvgIpc) is 3.45. The van der Waals surface area contributed by atoms with Gasteiger partial charge in [0, 0.05) is 23.5 Å². The molecule has 0 bridgehead atoms. The number of hydrogen-bond donors (Lipinski definition) is 0. The van der Waals surface area contributed by atoms with Crippen molar-refractivity contribution in [2.24, 2.45) is 0 Å². The van der Waals surface area contributed by atoms with E-state index < -0.39 is 0 Å².